The number of aromatic nitrogens is 1. The van der Waals surface area contributed by atoms with E-state index in [-0.39, 0.29) is 5.91 Å². The Morgan fingerprint density at radius 3 is 2.73 bits per heavy atom. The first kappa shape index (κ1) is 20.5. The fraction of sp³-hybridized carbons (Fsp3) is 0.440. The number of amides is 1. The van der Waals surface area contributed by atoms with Crippen LogP contribution in [0.3, 0.4) is 0 Å². The molecule has 1 amide bonds. The number of fused-ring (bicyclic) bond motifs is 1. The molecule has 30 heavy (non-hydrogen) atoms. The highest BCUT2D eigenvalue weighted by molar-refractivity contribution is 5.76. The number of ether oxygens (including phenoxy) is 1. The fourth-order valence-electron chi connectivity index (χ4n) is 4.02. The molecular weight excluding hydrogens is 376 g/mol. The largest absolute Gasteiger partial charge is 0.493 e. The summed E-state index contributed by atoms with van der Waals surface area (Å²) >= 11 is 0. The summed E-state index contributed by atoms with van der Waals surface area (Å²) in [5, 5.41) is 0. The molecule has 0 radical (unpaired) electrons. The van der Waals surface area contributed by atoms with Crippen molar-refractivity contribution in [1.82, 2.24) is 9.88 Å². The van der Waals surface area contributed by atoms with E-state index >= 15 is 0 Å². The Bertz CT molecular complexity index is 970. The monoisotopic (exact) mass is 406 g/mol. The molecule has 2 aromatic carbocycles. The number of hydrogen-bond acceptors (Lipinski definition) is 4. The zero-order valence-corrected chi connectivity index (χ0v) is 17.9. The summed E-state index contributed by atoms with van der Waals surface area (Å²) in [7, 11) is 0. The van der Waals surface area contributed by atoms with E-state index in [0.29, 0.717) is 18.9 Å². The summed E-state index contributed by atoms with van der Waals surface area (Å²) < 4.78 is 11.8. The lowest BCUT2D eigenvalue weighted by Gasteiger charge is -2.30. The van der Waals surface area contributed by atoms with Crippen LogP contribution in [-0.2, 0) is 4.79 Å². The number of carbonyl (C=O) groups excluding carboxylic acids is 1. The Hall–Kier alpha value is -2.82. The van der Waals surface area contributed by atoms with E-state index in [1.54, 1.807) is 0 Å². The molecule has 1 fully saturated rings. The molecule has 5 heteroatoms. The van der Waals surface area contributed by atoms with Gasteiger partial charge in [-0.3, -0.25) is 4.79 Å². The van der Waals surface area contributed by atoms with Crippen LogP contribution >= 0.6 is 0 Å². The van der Waals surface area contributed by atoms with Gasteiger partial charge in [0.15, 0.2) is 11.5 Å². The number of rotatable bonds is 7. The van der Waals surface area contributed by atoms with Gasteiger partial charge in [0.2, 0.25) is 5.91 Å². The first-order valence-electron chi connectivity index (χ1n) is 10.9. The highest BCUT2D eigenvalue weighted by atomic mass is 16.5. The van der Waals surface area contributed by atoms with Crippen molar-refractivity contribution in [2.45, 2.75) is 51.9 Å². The number of oxazole rings is 1. The summed E-state index contributed by atoms with van der Waals surface area (Å²) in [6, 6.07) is 14.1. The number of para-hydroxylation sites is 2. The summed E-state index contributed by atoms with van der Waals surface area (Å²) in [6.45, 7) is 6.33. The number of unbranched alkanes of at least 4 members (excludes halogenated alkanes) is 1. The van der Waals surface area contributed by atoms with E-state index in [1.807, 2.05) is 29.2 Å². The molecule has 1 aliphatic heterocycles. The van der Waals surface area contributed by atoms with Crippen molar-refractivity contribution in [2.24, 2.45) is 0 Å². The van der Waals surface area contributed by atoms with Crippen LogP contribution in [0.5, 0.6) is 5.75 Å². The maximum atomic E-state index is 12.6. The summed E-state index contributed by atoms with van der Waals surface area (Å²) in [5.74, 6) is 2.31. The van der Waals surface area contributed by atoms with Crippen LogP contribution in [-0.4, -0.2) is 35.5 Å². The van der Waals surface area contributed by atoms with Gasteiger partial charge in [0.1, 0.15) is 11.3 Å². The van der Waals surface area contributed by atoms with Crippen molar-refractivity contribution in [3.63, 3.8) is 0 Å². The molecule has 1 aromatic heterocycles. The highest BCUT2D eigenvalue weighted by Gasteiger charge is 2.26. The third-order valence-electron chi connectivity index (χ3n) is 5.89. The molecule has 2 heterocycles. The summed E-state index contributed by atoms with van der Waals surface area (Å²) in [6.07, 6.45) is 4.15. The Kier molecular flexibility index (Phi) is 6.36. The Balaban J connectivity index is 1.18. The van der Waals surface area contributed by atoms with Gasteiger partial charge in [-0.2, -0.15) is 0 Å². The van der Waals surface area contributed by atoms with Crippen LogP contribution in [0.15, 0.2) is 46.9 Å². The molecule has 0 spiro atoms. The van der Waals surface area contributed by atoms with Gasteiger partial charge < -0.3 is 14.1 Å². The predicted molar refractivity (Wildman–Crippen MR) is 118 cm³/mol. The van der Waals surface area contributed by atoms with Crippen molar-refractivity contribution in [3.05, 3.63) is 59.5 Å². The van der Waals surface area contributed by atoms with Gasteiger partial charge in [0.25, 0.3) is 0 Å². The molecule has 1 aliphatic rings. The Morgan fingerprint density at radius 1 is 1.13 bits per heavy atom. The molecule has 0 saturated carbocycles. The standard InChI is InChI=1S/C25H30N2O3/c1-18-10-11-19(2)23(17-18)29-16-6-5-9-24(28)27-14-12-20(13-15-27)25-26-21-7-3-4-8-22(21)30-25/h3-4,7-8,10-11,17,20H,5-6,9,12-16H2,1-2H3. The molecule has 158 valence electrons. The quantitative estimate of drug-likeness (QED) is 0.493. The van der Waals surface area contributed by atoms with Crippen LogP contribution in [0.1, 0.15) is 55.0 Å². The lowest BCUT2D eigenvalue weighted by Crippen LogP contribution is -2.37. The second-order valence-electron chi connectivity index (χ2n) is 8.25. The van der Waals surface area contributed by atoms with Crippen molar-refractivity contribution in [2.75, 3.05) is 19.7 Å². The molecule has 5 nitrogen and oxygen atoms in total. The van der Waals surface area contributed by atoms with Gasteiger partial charge in [0.05, 0.1) is 6.61 Å². The van der Waals surface area contributed by atoms with Gasteiger partial charge >= 0.3 is 0 Å². The molecule has 4 rings (SSSR count). The van der Waals surface area contributed by atoms with Gasteiger partial charge in [-0.15, -0.1) is 0 Å². The van der Waals surface area contributed by atoms with E-state index in [2.05, 4.69) is 37.0 Å². The molecule has 1 saturated heterocycles. The van der Waals surface area contributed by atoms with Crippen molar-refractivity contribution >= 4 is 17.0 Å². The minimum absolute atomic E-state index is 0.248. The predicted octanol–water partition coefficient (Wildman–Crippen LogP) is 5.40. The zero-order chi connectivity index (χ0) is 20.9. The van der Waals surface area contributed by atoms with Gasteiger partial charge in [-0.25, -0.2) is 4.98 Å². The van der Waals surface area contributed by atoms with Gasteiger partial charge in [-0.05, 0) is 68.9 Å². The molecular formula is C25H30N2O3. The normalized spacial score (nSPS) is 14.9. The number of piperidine rings is 1. The molecule has 0 aliphatic carbocycles. The summed E-state index contributed by atoms with van der Waals surface area (Å²) in [5.41, 5.74) is 4.11. The first-order valence-corrected chi connectivity index (χ1v) is 10.9. The molecule has 0 bridgehead atoms. The van der Waals surface area contributed by atoms with Crippen LogP contribution in [0.2, 0.25) is 0 Å². The van der Waals surface area contributed by atoms with E-state index in [9.17, 15) is 4.79 Å². The third kappa shape index (κ3) is 4.84. The summed E-state index contributed by atoms with van der Waals surface area (Å²) in [4.78, 5) is 19.2. The number of aryl methyl sites for hydroxylation is 2. The average molecular weight is 407 g/mol. The molecule has 0 N–H and O–H groups in total. The second kappa shape index (κ2) is 9.33. The average Bonchev–Trinajstić information content (AvgIpc) is 3.20. The molecule has 3 aromatic rings. The van der Waals surface area contributed by atoms with Crippen LogP contribution in [0.4, 0.5) is 0 Å². The van der Waals surface area contributed by atoms with Crippen LogP contribution in [0, 0.1) is 13.8 Å². The fourth-order valence-corrected chi connectivity index (χ4v) is 4.02. The molecule has 0 atom stereocenters. The minimum atomic E-state index is 0.248. The second-order valence-corrected chi connectivity index (χ2v) is 8.25. The van der Waals surface area contributed by atoms with E-state index in [1.165, 1.54) is 5.56 Å². The first-order chi connectivity index (χ1) is 14.6. The highest BCUT2D eigenvalue weighted by Crippen LogP contribution is 2.30. The van der Waals surface area contributed by atoms with Crippen molar-refractivity contribution in [3.8, 4) is 5.75 Å². The number of likely N-dealkylation sites (tertiary alicyclic amines) is 1. The van der Waals surface area contributed by atoms with E-state index in [4.69, 9.17) is 9.15 Å². The Labute approximate surface area is 178 Å². The van der Waals surface area contributed by atoms with Crippen molar-refractivity contribution < 1.29 is 13.9 Å². The number of carbonyl (C=O) groups is 1. The lowest BCUT2D eigenvalue weighted by atomic mass is 9.96. The number of benzene rings is 2. The van der Waals surface area contributed by atoms with Crippen LogP contribution in [0.25, 0.3) is 11.1 Å². The number of nitrogens with zero attached hydrogens (tertiary/aromatic N) is 2. The maximum absolute atomic E-state index is 12.6. The smallest absolute Gasteiger partial charge is 0.222 e. The van der Waals surface area contributed by atoms with E-state index in [0.717, 1.165) is 67.1 Å². The Morgan fingerprint density at radius 2 is 1.93 bits per heavy atom. The lowest BCUT2D eigenvalue weighted by molar-refractivity contribution is -0.132. The molecule has 0 unspecified atom stereocenters. The SMILES string of the molecule is Cc1ccc(C)c(OCCCCC(=O)N2CCC(c3nc4ccccc4o3)CC2)c1. The third-order valence-corrected chi connectivity index (χ3v) is 5.89. The van der Waals surface area contributed by atoms with Gasteiger partial charge in [-0.1, -0.05) is 24.3 Å². The zero-order valence-electron chi connectivity index (χ0n) is 17.9. The van der Waals surface area contributed by atoms with Crippen molar-refractivity contribution in [1.29, 1.82) is 0 Å². The maximum Gasteiger partial charge on any atom is 0.222 e. The number of hydrogen-bond donors (Lipinski definition) is 0. The van der Waals surface area contributed by atoms with Crippen LogP contribution < -0.4 is 4.74 Å². The topological polar surface area (TPSA) is 55.6 Å². The van der Waals surface area contributed by atoms with E-state index < -0.39 is 0 Å². The van der Waals surface area contributed by atoms with Gasteiger partial charge in [0, 0.05) is 25.4 Å². The minimum Gasteiger partial charge on any atom is -0.493 e.